The van der Waals surface area contributed by atoms with Crippen molar-refractivity contribution >= 4 is 17.6 Å². The minimum Gasteiger partial charge on any atom is -0.479 e. The van der Waals surface area contributed by atoms with Gasteiger partial charge in [0.05, 0.1) is 11.4 Å². The number of hydrogen-bond acceptors (Lipinski definition) is 3. The van der Waals surface area contributed by atoms with Crippen LogP contribution in [0.4, 0.5) is 0 Å². The van der Waals surface area contributed by atoms with Crippen LogP contribution in [0.3, 0.4) is 0 Å². The average Bonchev–Trinajstić information content (AvgIpc) is 3.00. The Labute approximate surface area is 178 Å². The molecule has 29 heavy (non-hydrogen) atoms. The monoisotopic (exact) mass is 418 g/mol. The first-order valence-electron chi connectivity index (χ1n) is 10.3. The highest BCUT2D eigenvalue weighted by atomic mass is 35.5. The smallest absolute Gasteiger partial charge is 0.333 e. The highest BCUT2D eigenvalue weighted by Crippen LogP contribution is 2.38. The molecule has 5 nitrogen and oxygen atoms in total. The van der Waals surface area contributed by atoms with Gasteiger partial charge in [-0.1, -0.05) is 58.4 Å². The molecule has 2 unspecified atom stereocenters. The summed E-state index contributed by atoms with van der Waals surface area (Å²) in [5.41, 5.74) is 2.71. The zero-order valence-corrected chi connectivity index (χ0v) is 18.7. The first-order chi connectivity index (χ1) is 13.6. The van der Waals surface area contributed by atoms with Crippen LogP contribution in [-0.2, 0) is 22.5 Å². The SMILES string of the molecule is CC(C)c1nc2c(n1Cc1ccc(Cl)cc1)C(OC(C(=O)O)C(C)(C)C)CCC2. The zero-order valence-electron chi connectivity index (χ0n) is 17.9. The number of ether oxygens (including phenoxy) is 1. The number of aromatic nitrogens is 2. The lowest BCUT2D eigenvalue weighted by Crippen LogP contribution is -2.38. The molecule has 0 fully saturated rings. The van der Waals surface area contributed by atoms with E-state index in [1.807, 2.05) is 45.0 Å². The van der Waals surface area contributed by atoms with E-state index in [0.29, 0.717) is 11.6 Å². The van der Waals surface area contributed by atoms with Gasteiger partial charge in [0.2, 0.25) is 0 Å². The van der Waals surface area contributed by atoms with Crippen molar-refractivity contribution in [3.63, 3.8) is 0 Å². The summed E-state index contributed by atoms with van der Waals surface area (Å²) in [7, 11) is 0. The summed E-state index contributed by atoms with van der Waals surface area (Å²) in [6, 6.07) is 7.83. The molecule has 2 atom stereocenters. The van der Waals surface area contributed by atoms with E-state index in [0.717, 1.165) is 42.0 Å². The van der Waals surface area contributed by atoms with Crippen LogP contribution >= 0.6 is 11.6 Å². The van der Waals surface area contributed by atoms with Gasteiger partial charge in [-0.25, -0.2) is 9.78 Å². The predicted octanol–water partition coefficient (Wildman–Crippen LogP) is 5.60. The molecule has 0 radical (unpaired) electrons. The van der Waals surface area contributed by atoms with E-state index in [2.05, 4.69) is 18.4 Å². The molecule has 6 heteroatoms. The second kappa shape index (κ2) is 8.49. The minimum absolute atomic E-state index is 0.256. The van der Waals surface area contributed by atoms with Crippen molar-refractivity contribution in [2.75, 3.05) is 0 Å². The molecule has 0 saturated heterocycles. The van der Waals surface area contributed by atoms with E-state index in [1.165, 1.54) is 0 Å². The largest absolute Gasteiger partial charge is 0.479 e. The fourth-order valence-corrected chi connectivity index (χ4v) is 4.11. The third kappa shape index (κ3) is 4.84. The van der Waals surface area contributed by atoms with Crippen LogP contribution in [0.2, 0.25) is 5.02 Å². The van der Waals surface area contributed by atoms with Crippen molar-refractivity contribution in [2.45, 2.75) is 78.6 Å². The molecule has 1 aliphatic rings. The van der Waals surface area contributed by atoms with E-state index in [9.17, 15) is 9.90 Å². The lowest BCUT2D eigenvalue weighted by molar-refractivity contribution is -0.165. The van der Waals surface area contributed by atoms with Gasteiger partial charge in [-0.05, 0) is 42.4 Å². The van der Waals surface area contributed by atoms with Crippen LogP contribution in [0.25, 0.3) is 0 Å². The van der Waals surface area contributed by atoms with Crippen LogP contribution in [0.1, 0.15) is 82.3 Å². The second-order valence-electron chi connectivity index (χ2n) is 9.27. The summed E-state index contributed by atoms with van der Waals surface area (Å²) in [6.07, 6.45) is 1.50. The van der Waals surface area contributed by atoms with Crippen molar-refractivity contribution in [1.82, 2.24) is 9.55 Å². The summed E-state index contributed by atoms with van der Waals surface area (Å²) in [6.45, 7) is 10.6. The molecule has 0 bridgehead atoms. The first kappa shape index (κ1) is 21.8. The molecule has 1 aromatic heterocycles. The molecule has 0 saturated carbocycles. The fourth-order valence-electron chi connectivity index (χ4n) is 3.98. The van der Waals surface area contributed by atoms with Gasteiger partial charge in [0.15, 0.2) is 6.10 Å². The molecule has 0 spiro atoms. The molecule has 0 amide bonds. The van der Waals surface area contributed by atoms with Crippen LogP contribution in [0.15, 0.2) is 24.3 Å². The lowest BCUT2D eigenvalue weighted by Gasteiger charge is -2.33. The van der Waals surface area contributed by atoms with Crippen LogP contribution in [0.5, 0.6) is 0 Å². The summed E-state index contributed by atoms with van der Waals surface area (Å²) in [5, 5.41) is 10.5. The molecule has 1 aromatic carbocycles. The van der Waals surface area contributed by atoms with Crippen molar-refractivity contribution in [2.24, 2.45) is 5.41 Å². The number of aliphatic carboxylic acids is 1. The number of imidazole rings is 1. The van der Waals surface area contributed by atoms with Crippen molar-refractivity contribution in [1.29, 1.82) is 0 Å². The molecule has 1 aliphatic carbocycles. The van der Waals surface area contributed by atoms with E-state index in [1.54, 1.807) is 0 Å². The summed E-state index contributed by atoms with van der Waals surface area (Å²) < 4.78 is 8.48. The summed E-state index contributed by atoms with van der Waals surface area (Å²) >= 11 is 6.05. The van der Waals surface area contributed by atoms with Crippen LogP contribution < -0.4 is 0 Å². The number of rotatable bonds is 6. The van der Waals surface area contributed by atoms with Crippen molar-refractivity contribution in [3.05, 3.63) is 52.1 Å². The molecule has 1 heterocycles. The highest BCUT2D eigenvalue weighted by Gasteiger charge is 2.38. The van der Waals surface area contributed by atoms with E-state index in [-0.39, 0.29) is 12.0 Å². The number of halogens is 1. The van der Waals surface area contributed by atoms with Gasteiger partial charge in [0.25, 0.3) is 0 Å². The van der Waals surface area contributed by atoms with Gasteiger partial charge >= 0.3 is 5.97 Å². The minimum atomic E-state index is -0.919. The highest BCUT2D eigenvalue weighted by molar-refractivity contribution is 6.30. The molecule has 3 rings (SSSR count). The lowest BCUT2D eigenvalue weighted by atomic mass is 9.88. The van der Waals surface area contributed by atoms with Gasteiger partial charge < -0.3 is 14.4 Å². The van der Waals surface area contributed by atoms with Gasteiger partial charge in [-0.3, -0.25) is 0 Å². The van der Waals surface area contributed by atoms with Crippen LogP contribution in [-0.4, -0.2) is 26.7 Å². The predicted molar refractivity (Wildman–Crippen MR) is 115 cm³/mol. The van der Waals surface area contributed by atoms with Gasteiger partial charge in [-0.2, -0.15) is 0 Å². The number of carboxylic acids is 1. The van der Waals surface area contributed by atoms with Gasteiger partial charge in [-0.15, -0.1) is 0 Å². The third-order valence-electron chi connectivity index (χ3n) is 5.38. The maximum atomic E-state index is 11.9. The van der Waals surface area contributed by atoms with E-state index in [4.69, 9.17) is 21.3 Å². The Hall–Kier alpha value is -1.85. The third-order valence-corrected chi connectivity index (χ3v) is 5.63. The Morgan fingerprint density at radius 1 is 1.31 bits per heavy atom. The number of hydrogen-bond donors (Lipinski definition) is 1. The number of aryl methyl sites for hydroxylation is 1. The first-order valence-corrected chi connectivity index (χ1v) is 10.7. The topological polar surface area (TPSA) is 64.4 Å². The molecular formula is C23H31ClN2O3. The molecule has 158 valence electrons. The van der Waals surface area contributed by atoms with Crippen molar-refractivity contribution in [3.8, 4) is 0 Å². The van der Waals surface area contributed by atoms with Crippen molar-refractivity contribution < 1.29 is 14.6 Å². The standard InChI is InChI=1S/C23H31ClN2O3/c1-14(2)21-25-17-7-6-8-18(29-20(22(27)28)23(3,4)5)19(17)26(21)13-15-9-11-16(24)12-10-15/h9-12,14,18,20H,6-8,13H2,1-5H3,(H,27,28). The number of nitrogens with zero attached hydrogens (tertiary/aromatic N) is 2. The maximum Gasteiger partial charge on any atom is 0.333 e. The Morgan fingerprint density at radius 2 is 1.97 bits per heavy atom. The number of benzene rings is 1. The number of carboxylic acid groups (broad SMARTS) is 1. The number of fused-ring (bicyclic) bond motifs is 1. The molecular weight excluding hydrogens is 388 g/mol. The summed E-state index contributed by atoms with van der Waals surface area (Å²) in [5.74, 6) is 0.354. The Balaban J connectivity index is 2.02. The zero-order chi connectivity index (χ0) is 21.3. The normalized spacial score (nSPS) is 18.0. The van der Waals surface area contributed by atoms with Crippen LogP contribution in [0, 0.1) is 5.41 Å². The Morgan fingerprint density at radius 3 is 2.52 bits per heavy atom. The second-order valence-corrected chi connectivity index (χ2v) is 9.71. The molecule has 0 aliphatic heterocycles. The molecule has 2 aromatic rings. The fraction of sp³-hybridized carbons (Fsp3) is 0.565. The van der Waals surface area contributed by atoms with Gasteiger partial charge in [0, 0.05) is 17.5 Å². The van der Waals surface area contributed by atoms with E-state index >= 15 is 0 Å². The average molecular weight is 419 g/mol. The van der Waals surface area contributed by atoms with E-state index < -0.39 is 17.5 Å². The molecule has 1 N–H and O–H groups in total. The maximum absolute atomic E-state index is 11.9. The Bertz CT molecular complexity index is 865. The Kier molecular flexibility index (Phi) is 6.39. The summed E-state index contributed by atoms with van der Waals surface area (Å²) in [4.78, 5) is 16.8. The quantitative estimate of drug-likeness (QED) is 0.662. The van der Waals surface area contributed by atoms with Gasteiger partial charge in [0.1, 0.15) is 11.9 Å². The number of carbonyl (C=O) groups is 1.